The third kappa shape index (κ3) is 6.18. The molecule has 1 N–H and O–H groups in total. The summed E-state index contributed by atoms with van der Waals surface area (Å²) >= 11 is 0. The maximum absolute atomic E-state index is 14.0. The lowest BCUT2D eigenvalue weighted by Gasteiger charge is -2.38. The molecule has 2 heterocycles. The number of nitrogens with zero attached hydrogens (tertiary/aromatic N) is 4. The lowest BCUT2D eigenvalue weighted by atomic mass is 10.2. The van der Waals surface area contributed by atoms with Gasteiger partial charge in [0.1, 0.15) is 5.82 Å². The molecule has 1 aromatic carbocycles. The van der Waals surface area contributed by atoms with Crippen LogP contribution < -0.4 is 10.2 Å². The van der Waals surface area contributed by atoms with Gasteiger partial charge in [0, 0.05) is 51.9 Å². The van der Waals surface area contributed by atoms with Gasteiger partial charge in [0.25, 0.3) is 0 Å². The van der Waals surface area contributed by atoms with Crippen LogP contribution in [0.5, 0.6) is 0 Å². The number of hydrogen-bond acceptors (Lipinski definition) is 4. The molecule has 2 saturated heterocycles. The molecule has 0 amide bonds. The molecule has 8 heteroatoms. The second kappa shape index (κ2) is 11.8. The summed E-state index contributed by atoms with van der Waals surface area (Å²) < 4.78 is 19.5. The lowest BCUT2D eigenvalue weighted by molar-refractivity contribution is 0.0220. The SMILES string of the molecule is CCNC(=NCC(C)N1CCOCC1)N1CCN(c2ccccc2F)CC1.I. The molecule has 6 nitrogen and oxygen atoms in total. The number of rotatable bonds is 5. The quantitative estimate of drug-likeness (QED) is 0.378. The van der Waals surface area contributed by atoms with E-state index in [4.69, 9.17) is 9.73 Å². The standard InChI is InChI=1S/C20H32FN5O.HI/c1-3-22-20(23-16-17(2)24-12-14-27-15-13-24)26-10-8-25(9-11-26)19-7-5-4-6-18(19)21;/h4-7,17H,3,8-16H2,1-2H3,(H,22,23);1H. The number of guanidine groups is 1. The molecule has 158 valence electrons. The molecule has 2 fully saturated rings. The van der Waals surface area contributed by atoms with Crippen molar-refractivity contribution < 1.29 is 9.13 Å². The minimum Gasteiger partial charge on any atom is -0.379 e. The van der Waals surface area contributed by atoms with Crippen molar-refractivity contribution in [3.8, 4) is 0 Å². The highest BCUT2D eigenvalue weighted by Crippen LogP contribution is 2.20. The molecule has 3 rings (SSSR count). The predicted molar refractivity (Wildman–Crippen MR) is 123 cm³/mol. The smallest absolute Gasteiger partial charge is 0.194 e. The monoisotopic (exact) mass is 505 g/mol. The van der Waals surface area contributed by atoms with E-state index in [2.05, 4.69) is 33.9 Å². The van der Waals surface area contributed by atoms with Gasteiger partial charge in [0.15, 0.2) is 5.96 Å². The second-order valence-corrected chi connectivity index (χ2v) is 7.12. The zero-order valence-electron chi connectivity index (χ0n) is 16.9. The summed E-state index contributed by atoms with van der Waals surface area (Å²) in [6.45, 7) is 12.8. The van der Waals surface area contributed by atoms with Gasteiger partial charge < -0.3 is 19.9 Å². The van der Waals surface area contributed by atoms with Crippen molar-refractivity contribution in [2.24, 2.45) is 4.99 Å². The molecule has 2 aliphatic rings. The lowest BCUT2D eigenvalue weighted by Crippen LogP contribution is -2.53. The first-order chi connectivity index (χ1) is 13.2. The number of hydrogen-bond donors (Lipinski definition) is 1. The number of morpholine rings is 1. The number of anilines is 1. The molecule has 0 aliphatic carbocycles. The van der Waals surface area contributed by atoms with Crippen molar-refractivity contribution in [3.63, 3.8) is 0 Å². The van der Waals surface area contributed by atoms with Crippen LogP contribution in [0.4, 0.5) is 10.1 Å². The Bertz CT molecular complexity index is 618. The number of benzene rings is 1. The van der Waals surface area contributed by atoms with Gasteiger partial charge in [-0.1, -0.05) is 12.1 Å². The molecule has 2 aliphatic heterocycles. The molecular weight excluding hydrogens is 472 g/mol. The van der Waals surface area contributed by atoms with Crippen LogP contribution in [0.1, 0.15) is 13.8 Å². The van der Waals surface area contributed by atoms with Gasteiger partial charge in [-0.2, -0.15) is 0 Å². The Morgan fingerprint density at radius 3 is 2.46 bits per heavy atom. The highest BCUT2D eigenvalue weighted by molar-refractivity contribution is 14.0. The van der Waals surface area contributed by atoms with Crippen LogP contribution in [0.3, 0.4) is 0 Å². The van der Waals surface area contributed by atoms with E-state index < -0.39 is 0 Å². The minimum absolute atomic E-state index is 0. The number of piperazine rings is 1. The third-order valence-electron chi connectivity index (χ3n) is 5.28. The number of nitrogens with one attached hydrogen (secondary N) is 1. The van der Waals surface area contributed by atoms with E-state index in [9.17, 15) is 4.39 Å². The van der Waals surface area contributed by atoms with E-state index in [1.165, 1.54) is 6.07 Å². The van der Waals surface area contributed by atoms with Crippen molar-refractivity contribution in [1.29, 1.82) is 0 Å². The number of aliphatic imine (C=N–C) groups is 1. The molecule has 0 spiro atoms. The molecule has 28 heavy (non-hydrogen) atoms. The minimum atomic E-state index is -0.147. The van der Waals surface area contributed by atoms with Crippen LogP contribution in [0, 0.1) is 5.82 Å². The molecule has 1 unspecified atom stereocenters. The van der Waals surface area contributed by atoms with Gasteiger partial charge in [0.05, 0.1) is 25.4 Å². The van der Waals surface area contributed by atoms with Gasteiger partial charge in [-0.25, -0.2) is 4.39 Å². The van der Waals surface area contributed by atoms with Crippen molar-refractivity contribution in [2.75, 3.05) is 70.5 Å². The average molecular weight is 505 g/mol. The summed E-state index contributed by atoms with van der Waals surface area (Å²) in [5, 5.41) is 3.42. The highest BCUT2D eigenvalue weighted by Gasteiger charge is 2.22. The van der Waals surface area contributed by atoms with E-state index in [0.717, 1.165) is 71.5 Å². The molecule has 0 bridgehead atoms. The summed E-state index contributed by atoms with van der Waals surface area (Å²) in [5.41, 5.74) is 0.694. The van der Waals surface area contributed by atoms with Crippen molar-refractivity contribution >= 4 is 35.6 Å². The number of ether oxygens (including phenoxy) is 1. The number of para-hydroxylation sites is 1. The van der Waals surface area contributed by atoms with Gasteiger partial charge >= 0.3 is 0 Å². The van der Waals surface area contributed by atoms with Crippen molar-refractivity contribution in [1.82, 2.24) is 15.1 Å². The topological polar surface area (TPSA) is 43.3 Å². The Morgan fingerprint density at radius 2 is 1.82 bits per heavy atom. The first-order valence-corrected chi connectivity index (χ1v) is 10.0. The summed E-state index contributed by atoms with van der Waals surface area (Å²) in [6, 6.07) is 7.42. The number of halogens is 2. The molecule has 0 saturated carbocycles. The Balaban J connectivity index is 0.00000280. The fraction of sp³-hybridized carbons (Fsp3) is 0.650. The van der Waals surface area contributed by atoms with E-state index in [1.807, 2.05) is 12.1 Å². The van der Waals surface area contributed by atoms with Crippen molar-refractivity contribution in [2.45, 2.75) is 19.9 Å². The van der Waals surface area contributed by atoms with Gasteiger partial charge in [-0.05, 0) is 26.0 Å². The van der Waals surface area contributed by atoms with E-state index in [0.29, 0.717) is 11.7 Å². The largest absolute Gasteiger partial charge is 0.379 e. The van der Waals surface area contributed by atoms with E-state index in [1.54, 1.807) is 6.07 Å². The van der Waals surface area contributed by atoms with Crippen molar-refractivity contribution in [3.05, 3.63) is 30.1 Å². The van der Waals surface area contributed by atoms with Crippen LogP contribution in [0.15, 0.2) is 29.3 Å². The average Bonchev–Trinajstić information content (AvgIpc) is 2.72. The van der Waals surface area contributed by atoms with Crippen LogP contribution in [-0.2, 0) is 4.74 Å². The normalized spacial score (nSPS) is 19.9. The fourth-order valence-electron chi connectivity index (χ4n) is 3.65. The zero-order chi connectivity index (χ0) is 19.1. The molecule has 0 radical (unpaired) electrons. The van der Waals surface area contributed by atoms with Crippen LogP contribution >= 0.6 is 24.0 Å². The van der Waals surface area contributed by atoms with E-state index in [-0.39, 0.29) is 29.8 Å². The van der Waals surface area contributed by atoms with Gasteiger partial charge in [0.2, 0.25) is 0 Å². The summed E-state index contributed by atoms with van der Waals surface area (Å²) in [4.78, 5) is 11.7. The Labute approximate surface area is 185 Å². The zero-order valence-corrected chi connectivity index (χ0v) is 19.3. The Kier molecular flexibility index (Phi) is 9.73. The maximum Gasteiger partial charge on any atom is 0.194 e. The molecular formula is C20H33FIN5O. The Morgan fingerprint density at radius 1 is 1.14 bits per heavy atom. The summed E-state index contributed by atoms with van der Waals surface area (Å²) in [7, 11) is 0. The third-order valence-corrected chi connectivity index (χ3v) is 5.28. The van der Waals surface area contributed by atoms with Crippen LogP contribution in [-0.4, -0.2) is 87.4 Å². The molecule has 1 atom stereocenters. The molecule has 1 aromatic rings. The predicted octanol–water partition coefficient (Wildman–Crippen LogP) is 2.25. The van der Waals surface area contributed by atoms with Crippen LogP contribution in [0.25, 0.3) is 0 Å². The summed E-state index contributed by atoms with van der Waals surface area (Å²) in [5.74, 6) is 0.816. The maximum atomic E-state index is 14.0. The second-order valence-electron chi connectivity index (χ2n) is 7.12. The highest BCUT2D eigenvalue weighted by atomic mass is 127. The van der Waals surface area contributed by atoms with Crippen LogP contribution in [0.2, 0.25) is 0 Å². The first-order valence-electron chi connectivity index (χ1n) is 10.0. The van der Waals surface area contributed by atoms with E-state index >= 15 is 0 Å². The first kappa shape index (κ1) is 23.2. The van der Waals surface area contributed by atoms with Gasteiger partial charge in [-0.3, -0.25) is 9.89 Å². The van der Waals surface area contributed by atoms with Gasteiger partial charge in [-0.15, -0.1) is 24.0 Å². The summed E-state index contributed by atoms with van der Waals surface area (Å²) in [6.07, 6.45) is 0. The fourth-order valence-corrected chi connectivity index (χ4v) is 3.65. The Hall–Kier alpha value is -1.13. The molecule has 0 aromatic heterocycles.